The van der Waals surface area contributed by atoms with E-state index in [1.54, 1.807) is 0 Å². The van der Waals surface area contributed by atoms with Crippen molar-refractivity contribution < 1.29 is 13.2 Å². The molecule has 0 N–H and O–H groups in total. The van der Waals surface area contributed by atoms with Gasteiger partial charge in [0.2, 0.25) is 0 Å². The van der Waals surface area contributed by atoms with Crippen LogP contribution in [0.1, 0.15) is 40.5 Å². The molecule has 0 bridgehead atoms. The second-order valence-electron chi connectivity index (χ2n) is 5.75. The molecule has 0 radical (unpaired) electrons. The molecule has 1 rings (SSSR count). The van der Waals surface area contributed by atoms with Crippen molar-refractivity contribution in [2.75, 3.05) is 0 Å². The molecule has 1 fully saturated rings. The highest BCUT2D eigenvalue weighted by molar-refractivity contribution is 4.93. The van der Waals surface area contributed by atoms with Crippen molar-refractivity contribution in [1.29, 1.82) is 0 Å². The number of halogens is 3. The van der Waals surface area contributed by atoms with Crippen LogP contribution in [0, 0.1) is 23.2 Å². The lowest BCUT2D eigenvalue weighted by molar-refractivity contribution is -0.176. The topological polar surface area (TPSA) is 0 Å². The lowest BCUT2D eigenvalue weighted by Gasteiger charge is -2.20. The monoisotopic (exact) mass is 208 g/mol. The van der Waals surface area contributed by atoms with Crippen LogP contribution in [-0.2, 0) is 0 Å². The fourth-order valence-electron chi connectivity index (χ4n) is 2.15. The standard InChI is InChI=1S/C11H19F3/c1-7(11(12,13)14)9-5-8(9)6-10(2,3)4/h7-9H,5-6H2,1-4H3. The van der Waals surface area contributed by atoms with Crippen LogP contribution in [0.25, 0.3) is 0 Å². The maximum absolute atomic E-state index is 12.3. The van der Waals surface area contributed by atoms with Crippen LogP contribution in [0.2, 0.25) is 0 Å². The summed E-state index contributed by atoms with van der Waals surface area (Å²) in [7, 11) is 0. The van der Waals surface area contributed by atoms with Crippen molar-refractivity contribution in [3.63, 3.8) is 0 Å². The maximum atomic E-state index is 12.3. The summed E-state index contributed by atoms with van der Waals surface area (Å²) in [6, 6.07) is 0. The first-order chi connectivity index (χ1) is 6.11. The molecular formula is C11H19F3. The molecule has 14 heavy (non-hydrogen) atoms. The molecule has 0 aromatic carbocycles. The molecule has 84 valence electrons. The Hall–Kier alpha value is -0.210. The molecule has 0 nitrogen and oxygen atoms in total. The summed E-state index contributed by atoms with van der Waals surface area (Å²) in [5.41, 5.74) is 0.157. The van der Waals surface area contributed by atoms with E-state index < -0.39 is 12.1 Å². The molecule has 0 saturated heterocycles. The summed E-state index contributed by atoms with van der Waals surface area (Å²) in [6.45, 7) is 7.56. The van der Waals surface area contributed by atoms with Crippen molar-refractivity contribution in [1.82, 2.24) is 0 Å². The molecule has 0 aromatic heterocycles. The Kier molecular flexibility index (Phi) is 2.90. The average molecular weight is 208 g/mol. The first-order valence-electron chi connectivity index (χ1n) is 5.18. The van der Waals surface area contributed by atoms with Crippen molar-refractivity contribution in [3.8, 4) is 0 Å². The van der Waals surface area contributed by atoms with E-state index in [0.29, 0.717) is 5.92 Å². The van der Waals surface area contributed by atoms with Gasteiger partial charge in [0.25, 0.3) is 0 Å². The molecule has 0 aliphatic heterocycles. The Bertz CT molecular complexity index is 200. The Morgan fingerprint density at radius 2 is 1.71 bits per heavy atom. The van der Waals surface area contributed by atoms with Crippen LogP contribution in [0.15, 0.2) is 0 Å². The van der Waals surface area contributed by atoms with Crippen molar-refractivity contribution in [2.45, 2.75) is 46.7 Å². The van der Waals surface area contributed by atoms with E-state index in [1.807, 2.05) is 0 Å². The predicted molar refractivity (Wildman–Crippen MR) is 50.9 cm³/mol. The normalized spacial score (nSPS) is 30.2. The minimum Gasteiger partial charge on any atom is -0.171 e. The third-order valence-electron chi connectivity index (χ3n) is 3.01. The fraction of sp³-hybridized carbons (Fsp3) is 1.00. The molecule has 1 aliphatic rings. The van der Waals surface area contributed by atoms with Gasteiger partial charge in [-0.2, -0.15) is 13.2 Å². The van der Waals surface area contributed by atoms with Gasteiger partial charge in [0.05, 0.1) is 5.92 Å². The average Bonchev–Trinajstić information content (AvgIpc) is 2.60. The van der Waals surface area contributed by atoms with E-state index in [4.69, 9.17) is 0 Å². The van der Waals surface area contributed by atoms with E-state index >= 15 is 0 Å². The molecule has 0 spiro atoms. The Balaban J connectivity index is 2.40. The quantitative estimate of drug-likeness (QED) is 0.636. The van der Waals surface area contributed by atoms with Gasteiger partial charge in [0, 0.05) is 0 Å². The molecule has 3 heteroatoms. The van der Waals surface area contributed by atoms with E-state index in [2.05, 4.69) is 20.8 Å². The Morgan fingerprint density at radius 3 is 2.07 bits per heavy atom. The van der Waals surface area contributed by atoms with Gasteiger partial charge in [-0.15, -0.1) is 0 Å². The van der Waals surface area contributed by atoms with E-state index in [0.717, 1.165) is 12.8 Å². The van der Waals surface area contributed by atoms with Gasteiger partial charge >= 0.3 is 6.18 Å². The molecule has 3 atom stereocenters. The van der Waals surface area contributed by atoms with Gasteiger partial charge in [-0.1, -0.05) is 27.7 Å². The zero-order valence-electron chi connectivity index (χ0n) is 9.28. The Labute approximate surface area is 83.9 Å². The number of alkyl halides is 3. The van der Waals surface area contributed by atoms with Crippen molar-refractivity contribution >= 4 is 0 Å². The van der Waals surface area contributed by atoms with Crippen LogP contribution < -0.4 is 0 Å². The summed E-state index contributed by atoms with van der Waals surface area (Å²) in [4.78, 5) is 0. The van der Waals surface area contributed by atoms with Crippen LogP contribution >= 0.6 is 0 Å². The molecule has 1 aliphatic carbocycles. The summed E-state index contributed by atoms with van der Waals surface area (Å²) < 4.78 is 37.0. The molecule has 3 unspecified atom stereocenters. The molecule has 1 saturated carbocycles. The zero-order chi connectivity index (χ0) is 11.1. The van der Waals surface area contributed by atoms with E-state index in [9.17, 15) is 13.2 Å². The molecule has 0 heterocycles. The predicted octanol–water partition coefficient (Wildman–Crippen LogP) is 4.26. The van der Waals surface area contributed by atoms with E-state index in [1.165, 1.54) is 6.92 Å². The number of hydrogen-bond donors (Lipinski definition) is 0. The third kappa shape index (κ3) is 3.18. The minimum absolute atomic E-state index is 0.116. The first kappa shape index (κ1) is 11.9. The molecule has 0 aromatic rings. The maximum Gasteiger partial charge on any atom is 0.391 e. The van der Waals surface area contributed by atoms with Crippen molar-refractivity contribution in [2.24, 2.45) is 23.2 Å². The van der Waals surface area contributed by atoms with Gasteiger partial charge < -0.3 is 0 Å². The second-order valence-corrected chi connectivity index (χ2v) is 5.75. The van der Waals surface area contributed by atoms with Crippen LogP contribution in [0.4, 0.5) is 13.2 Å². The Morgan fingerprint density at radius 1 is 1.21 bits per heavy atom. The number of rotatable bonds is 2. The minimum atomic E-state index is -4.00. The van der Waals surface area contributed by atoms with Crippen LogP contribution in [0.5, 0.6) is 0 Å². The highest BCUT2D eigenvalue weighted by Crippen LogP contribution is 2.53. The number of hydrogen-bond acceptors (Lipinski definition) is 0. The second kappa shape index (κ2) is 3.42. The van der Waals surface area contributed by atoms with Gasteiger partial charge in [-0.3, -0.25) is 0 Å². The zero-order valence-corrected chi connectivity index (χ0v) is 9.28. The fourth-order valence-corrected chi connectivity index (χ4v) is 2.15. The van der Waals surface area contributed by atoms with E-state index in [-0.39, 0.29) is 11.3 Å². The summed E-state index contributed by atoms with van der Waals surface area (Å²) in [5.74, 6) is -0.935. The summed E-state index contributed by atoms with van der Waals surface area (Å²) in [6.07, 6.45) is -2.33. The molecule has 0 amide bonds. The van der Waals surface area contributed by atoms with Gasteiger partial charge in [-0.25, -0.2) is 0 Å². The van der Waals surface area contributed by atoms with Gasteiger partial charge in [-0.05, 0) is 30.1 Å². The highest BCUT2D eigenvalue weighted by atomic mass is 19.4. The highest BCUT2D eigenvalue weighted by Gasteiger charge is 2.52. The first-order valence-corrected chi connectivity index (χ1v) is 5.18. The smallest absolute Gasteiger partial charge is 0.171 e. The van der Waals surface area contributed by atoms with Gasteiger partial charge in [0.15, 0.2) is 0 Å². The van der Waals surface area contributed by atoms with Crippen LogP contribution in [-0.4, -0.2) is 6.18 Å². The molecular weight excluding hydrogens is 189 g/mol. The summed E-state index contributed by atoms with van der Waals surface area (Å²) in [5, 5.41) is 0. The third-order valence-corrected chi connectivity index (χ3v) is 3.01. The largest absolute Gasteiger partial charge is 0.391 e. The van der Waals surface area contributed by atoms with Gasteiger partial charge in [0.1, 0.15) is 0 Å². The lowest BCUT2D eigenvalue weighted by Crippen LogP contribution is -2.22. The van der Waals surface area contributed by atoms with Crippen molar-refractivity contribution in [3.05, 3.63) is 0 Å². The van der Waals surface area contributed by atoms with Crippen LogP contribution in [0.3, 0.4) is 0 Å². The SMILES string of the molecule is CC(C1CC1CC(C)(C)C)C(F)(F)F. The lowest BCUT2D eigenvalue weighted by atomic mass is 9.88. The summed E-state index contributed by atoms with van der Waals surface area (Å²) >= 11 is 0.